The van der Waals surface area contributed by atoms with E-state index in [1.807, 2.05) is 92.7 Å². The zero-order valence-electron chi connectivity index (χ0n) is 44.6. The van der Waals surface area contributed by atoms with Crippen molar-refractivity contribution in [1.82, 2.24) is 44.7 Å². The highest BCUT2D eigenvalue weighted by molar-refractivity contribution is 7.15. The van der Waals surface area contributed by atoms with Crippen LogP contribution < -0.4 is 5.32 Å². The normalized spacial score (nSPS) is 18.9. The van der Waals surface area contributed by atoms with Crippen LogP contribution in [0.15, 0.2) is 122 Å². The van der Waals surface area contributed by atoms with Crippen LogP contribution in [0.4, 0.5) is 0 Å². The van der Waals surface area contributed by atoms with Gasteiger partial charge in [0.05, 0.1) is 27.8 Å². The minimum Gasteiger partial charge on any atom is -0.340 e. The van der Waals surface area contributed by atoms with Gasteiger partial charge >= 0.3 is 0 Å². The molecular formula is C61H69N9O6S2. The van der Waals surface area contributed by atoms with Crippen LogP contribution >= 0.6 is 22.7 Å². The molecule has 406 valence electrons. The number of rotatable bonds is 18. The number of carbonyl (C=O) groups is 6. The van der Waals surface area contributed by atoms with Gasteiger partial charge in [0.15, 0.2) is 0 Å². The molecule has 0 radical (unpaired) electrons. The van der Waals surface area contributed by atoms with E-state index in [0.29, 0.717) is 58.8 Å². The number of hydrogen-bond acceptors (Lipinski definition) is 12. The number of amides is 5. The summed E-state index contributed by atoms with van der Waals surface area (Å²) < 4.78 is 0. The van der Waals surface area contributed by atoms with Gasteiger partial charge in [-0.1, -0.05) is 109 Å². The van der Waals surface area contributed by atoms with Crippen molar-refractivity contribution in [3.05, 3.63) is 143 Å². The van der Waals surface area contributed by atoms with Crippen molar-refractivity contribution in [1.29, 1.82) is 0 Å². The predicted octanol–water partition coefficient (Wildman–Crippen LogP) is 8.64. The lowest BCUT2D eigenvalue weighted by Gasteiger charge is -2.34. The van der Waals surface area contributed by atoms with E-state index in [1.54, 1.807) is 36.5 Å². The van der Waals surface area contributed by atoms with Crippen LogP contribution in [0.1, 0.15) is 104 Å². The van der Waals surface area contributed by atoms with Crippen molar-refractivity contribution in [2.45, 2.75) is 82.8 Å². The van der Waals surface area contributed by atoms with Crippen molar-refractivity contribution in [3.8, 4) is 32.0 Å². The largest absolute Gasteiger partial charge is 0.340 e. The Morgan fingerprint density at radius 2 is 0.962 bits per heavy atom. The smallest absolute Gasteiger partial charge is 0.250 e. The molecule has 0 saturated carbocycles. The summed E-state index contributed by atoms with van der Waals surface area (Å²) in [4.78, 5) is 103. The van der Waals surface area contributed by atoms with Crippen LogP contribution in [0, 0.1) is 0 Å². The van der Waals surface area contributed by atoms with E-state index in [1.165, 1.54) is 0 Å². The number of nitrogens with zero attached hydrogens (tertiary/aromatic N) is 8. The molecule has 0 bridgehead atoms. The third-order valence-corrected chi connectivity index (χ3v) is 18.3. The lowest BCUT2D eigenvalue weighted by atomic mass is 9.91. The van der Waals surface area contributed by atoms with Crippen molar-refractivity contribution in [2.75, 3.05) is 78.5 Å². The second-order valence-corrected chi connectivity index (χ2v) is 23.1. The highest BCUT2D eigenvalue weighted by Crippen LogP contribution is 2.42. The summed E-state index contributed by atoms with van der Waals surface area (Å²) in [5, 5.41) is 4.87. The second kappa shape index (κ2) is 25.3. The maximum atomic E-state index is 14.5. The molecule has 0 unspecified atom stereocenters. The second-order valence-electron chi connectivity index (χ2n) is 21.0. The summed E-state index contributed by atoms with van der Waals surface area (Å²) in [5.41, 5.74) is 5.86. The molecule has 2 aromatic heterocycles. The fourth-order valence-corrected chi connectivity index (χ4v) is 13.5. The van der Waals surface area contributed by atoms with E-state index in [0.717, 1.165) is 105 Å². The summed E-state index contributed by atoms with van der Waals surface area (Å²) in [6.45, 7) is 11.2. The minimum absolute atomic E-state index is 0.0238. The summed E-state index contributed by atoms with van der Waals surface area (Å²) in [5.74, 6) is -0.684. The first-order valence-electron chi connectivity index (χ1n) is 27.6. The molecule has 4 atom stereocenters. The third-order valence-electron chi connectivity index (χ3n) is 16.0. The first-order valence-corrected chi connectivity index (χ1v) is 29.2. The predicted molar refractivity (Wildman–Crippen MR) is 304 cm³/mol. The summed E-state index contributed by atoms with van der Waals surface area (Å²) in [6.07, 6.45) is 7.91. The lowest BCUT2D eigenvalue weighted by Crippen LogP contribution is -2.49. The van der Waals surface area contributed by atoms with Gasteiger partial charge in [-0.05, 0) is 59.1 Å². The van der Waals surface area contributed by atoms with Crippen LogP contribution in [0.25, 0.3) is 32.0 Å². The zero-order chi connectivity index (χ0) is 54.1. The average molecular weight is 1090 g/mol. The summed E-state index contributed by atoms with van der Waals surface area (Å²) >= 11 is 3.22. The number of hydrogen-bond donors (Lipinski definition) is 1. The van der Waals surface area contributed by atoms with Gasteiger partial charge in [0.25, 0.3) is 0 Å². The maximum absolute atomic E-state index is 14.5. The molecule has 4 aliphatic rings. The van der Waals surface area contributed by atoms with Gasteiger partial charge in [-0.25, -0.2) is 9.97 Å². The van der Waals surface area contributed by atoms with E-state index in [9.17, 15) is 28.8 Å². The molecule has 6 aromatic rings. The molecule has 10 rings (SSSR count). The first-order chi connectivity index (χ1) is 37.9. The molecule has 4 saturated heterocycles. The van der Waals surface area contributed by atoms with Gasteiger partial charge in [0.1, 0.15) is 21.8 Å². The van der Waals surface area contributed by atoms with Crippen molar-refractivity contribution in [2.24, 2.45) is 0 Å². The quantitative estimate of drug-likeness (QED) is 0.0883. The number of carbonyl (C=O) groups excluding carboxylic acids is 6. The van der Waals surface area contributed by atoms with E-state index >= 15 is 0 Å². The van der Waals surface area contributed by atoms with Crippen LogP contribution in [0.3, 0.4) is 0 Å². The van der Waals surface area contributed by atoms with Crippen molar-refractivity contribution >= 4 is 58.0 Å². The lowest BCUT2D eigenvalue weighted by molar-refractivity contribution is -0.137. The van der Waals surface area contributed by atoms with Gasteiger partial charge < -0.3 is 24.9 Å². The molecule has 4 fully saturated rings. The number of aromatic nitrogens is 2. The number of likely N-dealkylation sites (tertiary alicyclic amines) is 2. The van der Waals surface area contributed by atoms with Crippen LogP contribution in [-0.4, -0.2) is 153 Å². The Bertz CT molecular complexity index is 2840. The molecular weight excluding hydrogens is 1020 g/mol. The fraction of sp³-hybridized carbons (Fsp3) is 0.410. The van der Waals surface area contributed by atoms with Crippen LogP contribution in [0.2, 0.25) is 0 Å². The first kappa shape index (κ1) is 54.4. The molecule has 15 nitrogen and oxygen atoms in total. The Morgan fingerprint density at radius 3 is 1.44 bits per heavy atom. The fourth-order valence-electron chi connectivity index (χ4n) is 11.4. The van der Waals surface area contributed by atoms with Crippen molar-refractivity contribution in [3.63, 3.8) is 0 Å². The SMILES string of the molecule is CC(=O)N1CCN(CCC(=O)C[C@@H](C(=O)N2CCC[C@H]2c2ncc(-c3ccc(-c4ccc(-c5cnc([C@@H]6CCCN6C(=O)[C@H](NC(=O)CCN6CCN(C(C)=O)CC6)c6ccccc6)s5)cc4)cc3)s2)c2ccccc2)CC1. The Morgan fingerprint density at radius 1 is 0.526 bits per heavy atom. The highest BCUT2D eigenvalue weighted by atomic mass is 32.1. The number of ketones is 1. The zero-order valence-corrected chi connectivity index (χ0v) is 46.3. The van der Waals surface area contributed by atoms with E-state index < -0.39 is 12.0 Å². The maximum Gasteiger partial charge on any atom is 0.250 e. The molecule has 78 heavy (non-hydrogen) atoms. The van der Waals surface area contributed by atoms with Crippen molar-refractivity contribution < 1.29 is 28.8 Å². The van der Waals surface area contributed by atoms with Crippen LogP contribution in [-0.2, 0) is 28.8 Å². The summed E-state index contributed by atoms with van der Waals surface area (Å²) in [7, 11) is 0. The number of Topliss-reactive ketones (excluding diaryl/α,β-unsaturated/α-hetero) is 1. The molecule has 5 amide bonds. The van der Waals surface area contributed by atoms with Gasteiger partial charge in [-0.3, -0.25) is 38.6 Å². The molecule has 4 aliphatic heterocycles. The molecule has 1 N–H and O–H groups in total. The molecule has 0 spiro atoms. The Kier molecular flexibility index (Phi) is 17.6. The molecule has 6 heterocycles. The number of thiazole rings is 2. The van der Waals surface area contributed by atoms with Crippen LogP contribution in [0.5, 0.6) is 0 Å². The molecule has 17 heteroatoms. The summed E-state index contributed by atoms with van der Waals surface area (Å²) in [6, 6.07) is 35.0. The average Bonchev–Trinajstić information content (AvgIpc) is 4.36. The molecule has 0 aliphatic carbocycles. The Balaban J connectivity index is 0.750. The van der Waals surface area contributed by atoms with Gasteiger partial charge in [-0.2, -0.15) is 0 Å². The highest BCUT2D eigenvalue weighted by Gasteiger charge is 2.39. The Labute approximate surface area is 465 Å². The monoisotopic (exact) mass is 1090 g/mol. The van der Waals surface area contributed by atoms with E-state index in [-0.39, 0.29) is 60.2 Å². The topological polar surface area (TPSA) is 160 Å². The number of nitrogens with one attached hydrogen (secondary N) is 1. The minimum atomic E-state index is -0.816. The van der Waals surface area contributed by atoms with Gasteiger partial charge in [0.2, 0.25) is 29.5 Å². The number of benzene rings is 4. The third kappa shape index (κ3) is 13.0. The van der Waals surface area contributed by atoms with Gasteiger partial charge in [-0.15, -0.1) is 22.7 Å². The van der Waals surface area contributed by atoms with E-state index in [4.69, 9.17) is 9.97 Å². The Hall–Kier alpha value is -6.92. The molecule has 4 aromatic carbocycles. The van der Waals surface area contributed by atoms with E-state index in [2.05, 4.69) is 63.6 Å². The standard InChI is InChI=1S/C61H69N9O6S2/c1-42(71)67-35-31-65(32-36-67)29-25-50(73)39-51(46-11-5-3-6-12-46)60(75)69-27-9-15-52(69)58-62-40-54(77-58)47-21-17-44(18-22-47)45-19-23-48(24-20-45)55-41-63-59(78-55)53-16-10-28-70(53)61(76)57(49-13-7-4-8-14-49)64-56(74)26-30-66-33-37-68(38-34-66)43(2)72/h3-8,11-14,17-24,40-41,51-53,57H,9-10,15-16,25-39H2,1-2H3,(H,64,74)/t51-,52+,53+,57-/m1/s1. The van der Waals surface area contributed by atoms with Gasteiger partial charge in [0, 0.05) is 124 Å². The number of piperazine rings is 2.